The highest BCUT2D eigenvalue weighted by Gasteiger charge is 2.45. The molecule has 0 spiro atoms. The lowest BCUT2D eigenvalue weighted by atomic mass is 9.82. The Kier molecular flexibility index (Phi) is 7.08. The Hall–Kier alpha value is -2.36. The molecule has 166 valence electrons. The summed E-state index contributed by atoms with van der Waals surface area (Å²) in [6.45, 7) is 3.73. The van der Waals surface area contributed by atoms with Gasteiger partial charge in [0.25, 0.3) is 0 Å². The predicted molar refractivity (Wildman–Crippen MR) is 120 cm³/mol. The van der Waals surface area contributed by atoms with Gasteiger partial charge in [0.1, 0.15) is 16.2 Å². The number of carbonyl (C=O) groups is 2. The van der Waals surface area contributed by atoms with E-state index in [-0.39, 0.29) is 11.3 Å². The van der Waals surface area contributed by atoms with E-state index in [9.17, 15) is 23.1 Å². The van der Waals surface area contributed by atoms with Crippen LogP contribution in [0.3, 0.4) is 0 Å². The van der Waals surface area contributed by atoms with E-state index >= 15 is 0 Å². The first-order chi connectivity index (χ1) is 14.6. The molecule has 3 rings (SSSR count). The Morgan fingerprint density at radius 1 is 1.16 bits per heavy atom. The van der Waals surface area contributed by atoms with Crippen molar-refractivity contribution in [2.45, 2.75) is 35.9 Å². The van der Waals surface area contributed by atoms with Crippen LogP contribution in [-0.2, 0) is 25.8 Å². The van der Waals surface area contributed by atoms with E-state index < -0.39 is 37.9 Å². The number of hydrogen-bond donors (Lipinski definition) is 3. The van der Waals surface area contributed by atoms with Crippen LogP contribution in [0.4, 0.5) is 0 Å². The van der Waals surface area contributed by atoms with E-state index in [0.717, 1.165) is 5.56 Å². The summed E-state index contributed by atoms with van der Waals surface area (Å²) in [4.78, 5) is 25.3. The van der Waals surface area contributed by atoms with Gasteiger partial charge >= 0.3 is 5.97 Å². The summed E-state index contributed by atoms with van der Waals surface area (Å²) < 4.78 is 25.5. The molecule has 0 bridgehead atoms. The van der Waals surface area contributed by atoms with Crippen molar-refractivity contribution in [1.29, 1.82) is 0 Å². The number of hydrogen-bond acceptors (Lipinski definition) is 6. The van der Waals surface area contributed by atoms with E-state index in [0.29, 0.717) is 17.9 Å². The maximum Gasteiger partial charge on any atom is 0.319 e. The van der Waals surface area contributed by atoms with Gasteiger partial charge in [0.05, 0.1) is 4.90 Å². The van der Waals surface area contributed by atoms with E-state index in [4.69, 9.17) is 0 Å². The van der Waals surface area contributed by atoms with Gasteiger partial charge < -0.3 is 10.4 Å². The lowest BCUT2D eigenvalue weighted by molar-refractivity contribution is -0.155. The van der Waals surface area contributed by atoms with Crippen molar-refractivity contribution in [2.24, 2.45) is 5.41 Å². The van der Waals surface area contributed by atoms with Crippen molar-refractivity contribution in [3.8, 4) is 0 Å². The minimum atomic E-state index is -3.76. The van der Waals surface area contributed by atoms with Gasteiger partial charge in [-0.2, -0.15) is 0 Å². The fourth-order valence-corrected chi connectivity index (χ4v) is 6.86. The summed E-state index contributed by atoms with van der Waals surface area (Å²) >= 11 is 1.23. The standard InChI is InChI=1S/C22H26N2O5S2/c1-15-8-10-17(11-9-15)31(28,29)19-18(23-12-13-30-19)24-20(25)22(2,21(26)27)14-16-6-4-3-5-7-16/h3-11,18-19,23H,12-14H2,1-2H3,(H,24,25)(H,26,27). The van der Waals surface area contributed by atoms with E-state index in [1.54, 1.807) is 48.5 Å². The third kappa shape index (κ3) is 5.11. The number of carbonyl (C=O) groups excluding carboxylic acids is 1. The molecule has 7 nitrogen and oxygen atoms in total. The number of nitrogens with one attached hydrogen (secondary N) is 2. The fourth-order valence-electron chi connectivity index (χ4n) is 3.39. The molecule has 9 heteroatoms. The lowest BCUT2D eigenvalue weighted by Gasteiger charge is -2.34. The third-order valence-corrected chi connectivity index (χ3v) is 9.36. The summed E-state index contributed by atoms with van der Waals surface area (Å²) in [6.07, 6.45) is -0.920. The monoisotopic (exact) mass is 462 g/mol. The second kappa shape index (κ2) is 9.42. The number of sulfone groups is 1. The van der Waals surface area contributed by atoms with Crippen molar-refractivity contribution >= 4 is 33.5 Å². The van der Waals surface area contributed by atoms with Gasteiger partial charge in [0, 0.05) is 12.3 Å². The van der Waals surface area contributed by atoms with Crippen LogP contribution in [0, 0.1) is 12.3 Å². The van der Waals surface area contributed by atoms with Crippen LogP contribution in [0.2, 0.25) is 0 Å². The Morgan fingerprint density at radius 2 is 1.81 bits per heavy atom. The zero-order chi connectivity index (χ0) is 22.6. The second-order valence-corrected chi connectivity index (χ2v) is 11.4. The minimum Gasteiger partial charge on any atom is -0.480 e. The van der Waals surface area contributed by atoms with Gasteiger partial charge in [-0.05, 0) is 38.0 Å². The average Bonchev–Trinajstić information content (AvgIpc) is 2.74. The summed E-state index contributed by atoms with van der Waals surface area (Å²) in [5, 5.41) is 15.5. The Balaban J connectivity index is 1.84. The van der Waals surface area contributed by atoms with Gasteiger partial charge in [-0.25, -0.2) is 8.42 Å². The summed E-state index contributed by atoms with van der Waals surface area (Å²) in [6, 6.07) is 15.4. The molecule has 3 unspecified atom stereocenters. The molecule has 3 N–H and O–H groups in total. The molecule has 0 aromatic heterocycles. The highest BCUT2D eigenvalue weighted by molar-refractivity contribution is 8.13. The van der Waals surface area contributed by atoms with Crippen molar-refractivity contribution in [3.05, 3.63) is 65.7 Å². The first-order valence-corrected chi connectivity index (χ1v) is 12.5. The lowest BCUT2D eigenvalue weighted by Crippen LogP contribution is -2.60. The molecule has 0 aliphatic carbocycles. The number of carboxylic acids is 1. The van der Waals surface area contributed by atoms with E-state index in [1.807, 2.05) is 13.0 Å². The molecule has 3 atom stereocenters. The quantitative estimate of drug-likeness (QED) is 0.541. The second-order valence-electron chi connectivity index (χ2n) is 7.80. The Bertz CT molecular complexity index is 1040. The van der Waals surface area contributed by atoms with Gasteiger partial charge in [-0.3, -0.25) is 14.9 Å². The van der Waals surface area contributed by atoms with Crippen LogP contribution in [0.1, 0.15) is 18.1 Å². The minimum absolute atomic E-state index is 0.00967. The molecule has 1 aliphatic heterocycles. The maximum absolute atomic E-state index is 13.2. The first-order valence-electron chi connectivity index (χ1n) is 9.88. The number of amides is 1. The van der Waals surface area contributed by atoms with Crippen LogP contribution in [-0.4, -0.2) is 48.4 Å². The van der Waals surface area contributed by atoms with E-state index in [1.165, 1.54) is 18.7 Å². The topological polar surface area (TPSA) is 113 Å². The van der Waals surface area contributed by atoms with Gasteiger partial charge in [-0.1, -0.05) is 48.0 Å². The van der Waals surface area contributed by atoms with Crippen molar-refractivity contribution in [1.82, 2.24) is 10.6 Å². The van der Waals surface area contributed by atoms with E-state index in [2.05, 4.69) is 10.6 Å². The number of benzene rings is 2. The largest absolute Gasteiger partial charge is 0.480 e. The highest BCUT2D eigenvalue weighted by Crippen LogP contribution is 2.30. The zero-order valence-electron chi connectivity index (χ0n) is 17.4. The number of aliphatic carboxylic acids is 1. The van der Waals surface area contributed by atoms with Crippen molar-refractivity contribution in [3.63, 3.8) is 0 Å². The third-order valence-electron chi connectivity index (χ3n) is 5.34. The maximum atomic E-state index is 13.2. The number of carboxylic acid groups (broad SMARTS) is 1. The molecule has 2 aromatic rings. The normalized spacial score (nSPS) is 21.1. The number of aryl methyl sites for hydroxylation is 1. The summed E-state index contributed by atoms with van der Waals surface area (Å²) in [5.74, 6) is -1.44. The average molecular weight is 463 g/mol. The predicted octanol–water partition coefficient (Wildman–Crippen LogP) is 2.21. The molecule has 1 heterocycles. The van der Waals surface area contributed by atoms with Crippen LogP contribution in [0.5, 0.6) is 0 Å². The summed E-state index contributed by atoms with van der Waals surface area (Å²) in [5.41, 5.74) is -0.0997. The van der Waals surface area contributed by atoms with Crippen LogP contribution >= 0.6 is 11.8 Å². The van der Waals surface area contributed by atoms with Crippen LogP contribution in [0.15, 0.2) is 59.5 Å². The smallest absolute Gasteiger partial charge is 0.319 e. The molecule has 1 saturated heterocycles. The zero-order valence-corrected chi connectivity index (χ0v) is 19.0. The molecular formula is C22H26N2O5S2. The van der Waals surface area contributed by atoms with Gasteiger partial charge in [0.2, 0.25) is 5.91 Å². The van der Waals surface area contributed by atoms with Gasteiger partial charge in [-0.15, -0.1) is 11.8 Å². The molecule has 1 fully saturated rings. The number of rotatable bonds is 7. The molecule has 2 aromatic carbocycles. The van der Waals surface area contributed by atoms with Crippen LogP contribution in [0.25, 0.3) is 0 Å². The fraction of sp³-hybridized carbons (Fsp3) is 0.364. The Morgan fingerprint density at radius 3 is 2.42 bits per heavy atom. The van der Waals surface area contributed by atoms with Gasteiger partial charge in [0.15, 0.2) is 9.84 Å². The molecule has 1 amide bonds. The van der Waals surface area contributed by atoms with Crippen molar-refractivity contribution in [2.75, 3.05) is 12.3 Å². The number of thioether (sulfide) groups is 1. The molecule has 1 aliphatic rings. The summed E-state index contributed by atoms with van der Waals surface area (Å²) in [7, 11) is -3.76. The molecular weight excluding hydrogens is 436 g/mol. The molecule has 0 radical (unpaired) electrons. The van der Waals surface area contributed by atoms with Crippen LogP contribution < -0.4 is 10.6 Å². The highest BCUT2D eigenvalue weighted by atomic mass is 32.3. The first kappa shape index (κ1) is 23.3. The molecule has 0 saturated carbocycles. The SMILES string of the molecule is Cc1ccc(S(=O)(=O)C2SCCNC2NC(=O)C(C)(Cc2ccccc2)C(=O)O)cc1. The Labute approximate surface area is 186 Å². The molecule has 31 heavy (non-hydrogen) atoms. The van der Waals surface area contributed by atoms with Crippen molar-refractivity contribution < 1.29 is 23.1 Å².